The second-order valence-electron chi connectivity index (χ2n) is 6.03. The number of hydrazone groups is 1. The van der Waals surface area contributed by atoms with Crippen LogP contribution in [0.2, 0.25) is 0 Å². The standard InChI is InChI=1S/C20H24N2O3/c1-14(2)17-8-5-15(3)19(11-17)25-13-20(23)22-21-12-16-6-9-18(24-4)10-7-16/h5-12,14H,13H2,1-4H3,(H,22,23). The molecule has 0 aliphatic carbocycles. The van der Waals surface area contributed by atoms with Crippen LogP contribution < -0.4 is 14.9 Å². The molecule has 0 saturated heterocycles. The van der Waals surface area contributed by atoms with Gasteiger partial charge in [-0.15, -0.1) is 0 Å². The van der Waals surface area contributed by atoms with E-state index in [-0.39, 0.29) is 12.5 Å². The van der Waals surface area contributed by atoms with E-state index in [0.29, 0.717) is 5.92 Å². The van der Waals surface area contributed by atoms with Crippen LogP contribution in [0, 0.1) is 6.92 Å². The number of rotatable bonds is 7. The summed E-state index contributed by atoms with van der Waals surface area (Å²) in [6.07, 6.45) is 1.57. The molecule has 0 bridgehead atoms. The maximum absolute atomic E-state index is 11.9. The van der Waals surface area contributed by atoms with Crippen LogP contribution in [0.1, 0.15) is 36.5 Å². The molecule has 5 heteroatoms. The van der Waals surface area contributed by atoms with Gasteiger partial charge in [-0.3, -0.25) is 4.79 Å². The monoisotopic (exact) mass is 340 g/mol. The van der Waals surface area contributed by atoms with Crippen LogP contribution in [0.25, 0.3) is 0 Å². The predicted molar refractivity (Wildman–Crippen MR) is 99.5 cm³/mol. The predicted octanol–water partition coefficient (Wildman–Crippen LogP) is 3.66. The fourth-order valence-electron chi connectivity index (χ4n) is 2.18. The maximum Gasteiger partial charge on any atom is 0.277 e. The number of hydrogen-bond donors (Lipinski definition) is 1. The molecular formula is C20H24N2O3. The molecule has 132 valence electrons. The summed E-state index contributed by atoms with van der Waals surface area (Å²) in [5.41, 5.74) is 5.50. The summed E-state index contributed by atoms with van der Waals surface area (Å²) in [5, 5.41) is 3.93. The lowest BCUT2D eigenvalue weighted by atomic mass is 10.0. The molecule has 25 heavy (non-hydrogen) atoms. The molecule has 0 radical (unpaired) electrons. The van der Waals surface area contributed by atoms with Gasteiger partial charge in [-0.2, -0.15) is 5.10 Å². The number of hydrogen-bond acceptors (Lipinski definition) is 4. The third-order valence-electron chi connectivity index (χ3n) is 3.76. The summed E-state index contributed by atoms with van der Waals surface area (Å²) in [5.74, 6) is 1.60. The molecule has 0 unspecified atom stereocenters. The van der Waals surface area contributed by atoms with Gasteiger partial charge in [0.1, 0.15) is 11.5 Å². The van der Waals surface area contributed by atoms with Crippen molar-refractivity contribution in [2.24, 2.45) is 5.10 Å². The zero-order valence-electron chi connectivity index (χ0n) is 15.1. The maximum atomic E-state index is 11.9. The number of ether oxygens (including phenoxy) is 2. The highest BCUT2D eigenvalue weighted by Gasteiger charge is 2.07. The Bertz CT molecular complexity index is 737. The van der Waals surface area contributed by atoms with Gasteiger partial charge in [-0.05, 0) is 59.9 Å². The fourth-order valence-corrected chi connectivity index (χ4v) is 2.18. The number of carbonyl (C=O) groups excluding carboxylic acids is 1. The lowest BCUT2D eigenvalue weighted by Gasteiger charge is -2.12. The first kappa shape index (κ1) is 18.5. The topological polar surface area (TPSA) is 59.9 Å². The molecule has 0 saturated carbocycles. The molecule has 0 aromatic heterocycles. The number of methoxy groups -OCH3 is 1. The smallest absolute Gasteiger partial charge is 0.277 e. The zero-order chi connectivity index (χ0) is 18.2. The van der Waals surface area contributed by atoms with Gasteiger partial charge in [0.05, 0.1) is 13.3 Å². The number of aryl methyl sites for hydroxylation is 1. The molecule has 0 aliphatic rings. The lowest BCUT2D eigenvalue weighted by molar-refractivity contribution is -0.123. The van der Waals surface area contributed by atoms with Crippen molar-refractivity contribution in [2.45, 2.75) is 26.7 Å². The second-order valence-corrected chi connectivity index (χ2v) is 6.03. The van der Waals surface area contributed by atoms with E-state index in [0.717, 1.165) is 22.6 Å². The minimum atomic E-state index is -0.306. The molecule has 2 aromatic rings. The van der Waals surface area contributed by atoms with E-state index in [1.807, 2.05) is 43.3 Å². The van der Waals surface area contributed by atoms with Gasteiger partial charge >= 0.3 is 0 Å². The summed E-state index contributed by atoms with van der Waals surface area (Å²) >= 11 is 0. The average molecular weight is 340 g/mol. The summed E-state index contributed by atoms with van der Waals surface area (Å²) in [4.78, 5) is 11.9. The average Bonchev–Trinajstić information content (AvgIpc) is 2.61. The Kier molecular flexibility index (Phi) is 6.57. The Hall–Kier alpha value is -2.82. The van der Waals surface area contributed by atoms with Crippen molar-refractivity contribution in [3.8, 4) is 11.5 Å². The summed E-state index contributed by atoms with van der Waals surface area (Å²) in [7, 11) is 1.61. The van der Waals surface area contributed by atoms with E-state index in [1.165, 1.54) is 5.56 Å². The molecule has 0 fully saturated rings. The molecule has 2 aromatic carbocycles. The van der Waals surface area contributed by atoms with Crippen molar-refractivity contribution < 1.29 is 14.3 Å². The van der Waals surface area contributed by atoms with Gasteiger partial charge < -0.3 is 9.47 Å². The zero-order valence-corrected chi connectivity index (χ0v) is 15.1. The molecule has 1 N–H and O–H groups in total. The Labute approximate surface area is 148 Å². The highest BCUT2D eigenvalue weighted by atomic mass is 16.5. The Morgan fingerprint density at radius 3 is 2.56 bits per heavy atom. The number of amides is 1. The van der Waals surface area contributed by atoms with Crippen molar-refractivity contribution in [1.82, 2.24) is 5.43 Å². The second kappa shape index (κ2) is 8.87. The van der Waals surface area contributed by atoms with Crippen LogP contribution in [0.3, 0.4) is 0 Å². The minimum Gasteiger partial charge on any atom is -0.497 e. The lowest BCUT2D eigenvalue weighted by Crippen LogP contribution is -2.24. The molecule has 0 heterocycles. The van der Waals surface area contributed by atoms with E-state index < -0.39 is 0 Å². The van der Waals surface area contributed by atoms with Crippen molar-refractivity contribution in [1.29, 1.82) is 0 Å². The molecular weight excluding hydrogens is 316 g/mol. The van der Waals surface area contributed by atoms with E-state index in [2.05, 4.69) is 30.4 Å². The molecule has 0 spiro atoms. The van der Waals surface area contributed by atoms with Crippen LogP contribution >= 0.6 is 0 Å². The Balaban J connectivity index is 1.86. The first-order valence-corrected chi connectivity index (χ1v) is 8.19. The van der Waals surface area contributed by atoms with E-state index in [9.17, 15) is 4.79 Å². The van der Waals surface area contributed by atoms with Gasteiger partial charge in [0.25, 0.3) is 5.91 Å². The highest BCUT2D eigenvalue weighted by molar-refractivity contribution is 5.83. The largest absolute Gasteiger partial charge is 0.497 e. The number of nitrogens with zero attached hydrogens (tertiary/aromatic N) is 1. The number of carbonyl (C=O) groups is 1. The first-order chi connectivity index (χ1) is 12.0. The van der Waals surface area contributed by atoms with Gasteiger partial charge in [0.2, 0.25) is 0 Å². The minimum absolute atomic E-state index is 0.0810. The first-order valence-electron chi connectivity index (χ1n) is 8.19. The van der Waals surface area contributed by atoms with Crippen molar-refractivity contribution in [3.05, 3.63) is 59.2 Å². The fraction of sp³-hybridized carbons (Fsp3) is 0.300. The van der Waals surface area contributed by atoms with Crippen LogP contribution in [0.4, 0.5) is 0 Å². The molecule has 5 nitrogen and oxygen atoms in total. The van der Waals surface area contributed by atoms with Crippen molar-refractivity contribution >= 4 is 12.1 Å². The molecule has 0 aliphatic heterocycles. The van der Waals surface area contributed by atoms with E-state index >= 15 is 0 Å². The van der Waals surface area contributed by atoms with Gasteiger partial charge in [0.15, 0.2) is 6.61 Å². The number of benzene rings is 2. The third-order valence-corrected chi connectivity index (χ3v) is 3.76. The molecule has 0 atom stereocenters. The summed E-state index contributed by atoms with van der Waals surface area (Å²) < 4.78 is 10.7. The van der Waals surface area contributed by atoms with E-state index in [1.54, 1.807) is 13.3 Å². The Morgan fingerprint density at radius 1 is 1.20 bits per heavy atom. The summed E-state index contributed by atoms with van der Waals surface area (Å²) in [6.45, 7) is 6.12. The SMILES string of the molecule is COc1ccc(C=NNC(=O)COc2cc(C(C)C)ccc2C)cc1. The van der Waals surface area contributed by atoms with E-state index in [4.69, 9.17) is 9.47 Å². The highest BCUT2D eigenvalue weighted by Crippen LogP contribution is 2.24. The summed E-state index contributed by atoms with van der Waals surface area (Å²) in [6, 6.07) is 13.4. The van der Waals surface area contributed by atoms with Crippen LogP contribution in [0.5, 0.6) is 11.5 Å². The quantitative estimate of drug-likeness (QED) is 0.618. The van der Waals surface area contributed by atoms with Crippen molar-refractivity contribution in [2.75, 3.05) is 13.7 Å². The van der Waals surface area contributed by atoms with Crippen molar-refractivity contribution in [3.63, 3.8) is 0 Å². The van der Waals surface area contributed by atoms with Gasteiger partial charge in [0, 0.05) is 0 Å². The normalized spacial score (nSPS) is 10.9. The Morgan fingerprint density at radius 2 is 1.92 bits per heavy atom. The van der Waals surface area contributed by atoms with Crippen LogP contribution in [0.15, 0.2) is 47.6 Å². The molecule has 2 rings (SSSR count). The van der Waals surface area contributed by atoms with Gasteiger partial charge in [-0.25, -0.2) is 5.43 Å². The molecule has 1 amide bonds. The number of nitrogens with one attached hydrogen (secondary N) is 1. The van der Waals surface area contributed by atoms with Crippen LogP contribution in [-0.4, -0.2) is 25.8 Å². The van der Waals surface area contributed by atoms with Gasteiger partial charge in [-0.1, -0.05) is 26.0 Å². The van der Waals surface area contributed by atoms with Crippen LogP contribution in [-0.2, 0) is 4.79 Å². The third kappa shape index (κ3) is 5.64.